The Bertz CT molecular complexity index is 1350. The standard InChI is InChI=1S/C27H33N5O3S2/c1-5-28-26(36)29-21-13-11-20(12-14-21)25-30-23(17-24(31-25)32-15-16-35-18-19(32)2)27(3,4)37(33,34)22-9-7-6-8-10-22/h6-14,17,19H,5,15-16,18H2,1-4H3,(H2,28,29,36)/t19-/m0/s1. The van der Waals surface area contributed by atoms with Gasteiger partial charge in [0.15, 0.2) is 20.8 Å². The lowest BCUT2D eigenvalue weighted by molar-refractivity contribution is 0.0985. The summed E-state index contributed by atoms with van der Waals surface area (Å²) in [5, 5.41) is 6.75. The fourth-order valence-corrected chi connectivity index (χ4v) is 5.90. The van der Waals surface area contributed by atoms with Crippen molar-refractivity contribution >= 4 is 38.7 Å². The predicted octanol–water partition coefficient (Wildman–Crippen LogP) is 4.38. The van der Waals surface area contributed by atoms with Gasteiger partial charge < -0.3 is 20.3 Å². The van der Waals surface area contributed by atoms with Crippen LogP contribution in [0.3, 0.4) is 0 Å². The average Bonchev–Trinajstić information content (AvgIpc) is 2.89. The molecule has 2 heterocycles. The zero-order chi connectivity index (χ0) is 26.6. The van der Waals surface area contributed by atoms with Crippen molar-refractivity contribution in [1.29, 1.82) is 0 Å². The molecule has 0 saturated carbocycles. The van der Waals surface area contributed by atoms with Crippen LogP contribution in [0, 0.1) is 0 Å². The summed E-state index contributed by atoms with van der Waals surface area (Å²) in [7, 11) is -3.74. The van der Waals surface area contributed by atoms with Crippen LogP contribution in [0.2, 0.25) is 0 Å². The molecule has 1 aliphatic heterocycles. The topological polar surface area (TPSA) is 96.5 Å². The zero-order valence-electron chi connectivity index (χ0n) is 21.6. The van der Waals surface area contributed by atoms with Crippen molar-refractivity contribution in [1.82, 2.24) is 15.3 Å². The molecule has 0 radical (unpaired) electrons. The van der Waals surface area contributed by atoms with Gasteiger partial charge in [-0.15, -0.1) is 0 Å². The van der Waals surface area contributed by atoms with E-state index in [1.807, 2.05) is 31.2 Å². The number of nitrogens with one attached hydrogen (secondary N) is 2. The number of thiocarbonyl (C=S) groups is 1. The number of aromatic nitrogens is 2. The summed E-state index contributed by atoms with van der Waals surface area (Å²) in [4.78, 5) is 12.1. The van der Waals surface area contributed by atoms with Gasteiger partial charge in [-0.25, -0.2) is 18.4 Å². The highest BCUT2D eigenvalue weighted by molar-refractivity contribution is 7.92. The van der Waals surface area contributed by atoms with Crippen LogP contribution in [0.5, 0.6) is 0 Å². The second kappa shape index (κ2) is 11.1. The van der Waals surface area contributed by atoms with E-state index >= 15 is 0 Å². The minimum Gasteiger partial charge on any atom is -0.377 e. The van der Waals surface area contributed by atoms with Crippen molar-refractivity contribution in [2.45, 2.75) is 43.4 Å². The molecule has 37 heavy (non-hydrogen) atoms. The zero-order valence-corrected chi connectivity index (χ0v) is 23.2. The Balaban J connectivity index is 1.78. The minimum atomic E-state index is -3.74. The summed E-state index contributed by atoms with van der Waals surface area (Å²) < 4.78 is 31.8. The lowest BCUT2D eigenvalue weighted by Crippen LogP contribution is -2.44. The van der Waals surface area contributed by atoms with Gasteiger partial charge in [0, 0.05) is 30.4 Å². The molecule has 1 atom stereocenters. The molecule has 196 valence electrons. The third kappa shape index (κ3) is 5.76. The average molecular weight is 540 g/mol. The number of morpholine rings is 1. The van der Waals surface area contributed by atoms with E-state index in [-0.39, 0.29) is 10.9 Å². The second-order valence-corrected chi connectivity index (χ2v) is 12.3. The Morgan fingerprint density at radius 2 is 1.84 bits per heavy atom. The second-order valence-electron chi connectivity index (χ2n) is 9.44. The summed E-state index contributed by atoms with van der Waals surface area (Å²) in [5.41, 5.74) is 2.04. The number of hydrogen-bond donors (Lipinski definition) is 2. The summed E-state index contributed by atoms with van der Waals surface area (Å²) in [6.45, 7) is 9.99. The first-order valence-electron chi connectivity index (χ1n) is 12.3. The van der Waals surface area contributed by atoms with Crippen molar-refractivity contribution in [2.24, 2.45) is 0 Å². The molecule has 1 saturated heterocycles. The quantitative estimate of drug-likeness (QED) is 0.424. The van der Waals surface area contributed by atoms with E-state index in [9.17, 15) is 8.42 Å². The number of anilines is 2. The van der Waals surface area contributed by atoms with Gasteiger partial charge in [-0.1, -0.05) is 18.2 Å². The van der Waals surface area contributed by atoms with E-state index < -0.39 is 14.6 Å². The summed E-state index contributed by atoms with van der Waals surface area (Å²) in [5.74, 6) is 1.14. The molecule has 10 heteroatoms. The van der Waals surface area contributed by atoms with Crippen molar-refractivity contribution in [3.63, 3.8) is 0 Å². The smallest absolute Gasteiger partial charge is 0.189 e. The molecule has 4 rings (SSSR count). The van der Waals surface area contributed by atoms with Crippen molar-refractivity contribution in [3.8, 4) is 11.4 Å². The van der Waals surface area contributed by atoms with Crippen molar-refractivity contribution < 1.29 is 13.2 Å². The maximum atomic E-state index is 13.7. The molecular formula is C27H33N5O3S2. The lowest BCUT2D eigenvalue weighted by atomic mass is 10.1. The van der Waals surface area contributed by atoms with Crippen molar-refractivity contribution in [2.75, 3.05) is 36.5 Å². The molecule has 0 unspecified atom stereocenters. The first kappa shape index (κ1) is 27.0. The van der Waals surface area contributed by atoms with Crippen LogP contribution in [-0.4, -0.2) is 55.8 Å². The molecule has 8 nitrogen and oxygen atoms in total. The maximum absolute atomic E-state index is 13.7. The SMILES string of the molecule is CCNC(=S)Nc1ccc(-c2nc(N3CCOC[C@@H]3C)cc(C(C)(C)S(=O)(=O)c3ccccc3)n2)cc1. The molecule has 3 aromatic rings. The highest BCUT2D eigenvalue weighted by Crippen LogP contribution is 2.36. The number of benzene rings is 2. The van der Waals surface area contributed by atoms with E-state index in [4.69, 9.17) is 26.9 Å². The third-order valence-electron chi connectivity index (χ3n) is 6.46. The van der Waals surface area contributed by atoms with Crippen molar-refractivity contribution in [3.05, 3.63) is 66.4 Å². The number of sulfone groups is 1. The lowest BCUT2D eigenvalue weighted by Gasteiger charge is -2.35. The van der Waals surface area contributed by atoms with E-state index in [1.165, 1.54) is 0 Å². The Hall–Kier alpha value is -3.08. The Morgan fingerprint density at radius 1 is 1.14 bits per heavy atom. The molecule has 0 amide bonds. The molecule has 0 spiro atoms. The summed E-state index contributed by atoms with van der Waals surface area (Å²) >= 11 is 5.28. The largest absolute Gasteiger partial charge is 0.377 e. The van der Waals surface area contributed by atoms with Crippen LogP contribution in [0.25, 0.3) is 11.4 Å². The van der Waals surface area contributed by atoms with Crippen LogP contribution in [-0.2, 0) is 19.3 Å². The monoisotopic (exact) mass is 539 g/mol. The van der Waals surface area contributed by atoms with E-state index in [0.717, 1.165) is 17.8 Å². The van der Waals surface area contributed by atoms with Gasteiger partial charge in [0.2, 0.25) is 0 Å². The van der Waals surface area contributed by atoms with Crippen LogP contribution < -0.4 is 15.5 Å². The summed E-state index contributed by atoms with van der Waals surface area (Å²) in [6, 6.07) is 18.0. The van der Waals surface area contributed by atoms with Crippen LogP contribution in [0.4, 0.5) is 11.5 Å². The molecular weight excluding hydrogens is 506 g/mol. The molecule has 1 fully saturated rings. The fraction of sp³-hybridized carbons (Fsp3) is 0.370. The molecule has 0 aliphatic carbocycles. The fourth-order valence-electron chi connectivity index (χ4n) is 4.16. The van der Waals surface area contributed by atoms with Gasteiger partial charge >= 0.3 is 0 Å². The van der Waals surface area contributed by atoms with Crippen LogP contribution in [0.1, 0.15) is 33.4 Å². The van der Waals surface area contributed by atoms with Gasteiger partial charge in [-0.05, 0) is 76.3 Å². The number of hydrogen-bond acceptors (Lipinski definition) is 7. The molecule has 0 bridgehead atoms. The van der Waals surface area contributed by atoms with Gasteiger partial charge in [0.25, 0.3) is 0 Å². The number of rotatable bonds is 7. The molecule has 1 aromatic heterocycles. The van der Waals surface area contributed by atoms with Crippen LogP contribution in [0.15, 0.2) is 65.6 Å². The Labute approximate surface area is 224 Å². The van der Waals surface area contributed by atoms with E-state index in [0.29, 0.717) is 42.2 Å². The maximum Gasteiger partial charge on any atom is 0.189 e. The molecule has 2 aromatic carbocycles. The van der Waals surface area contributed by atoms with Gasteiger partial charge in [0.05, 0.1) is 29.8 Å². The van der Waals surface area contributed by atoms with Gasteiger partial charge in [0.1, 0.15) is 10.6 Å². The normalized spacial score (nSPS) is 16.3. The molecule has 2 N–H and O–H groups in total. The minimum absolute atomic E-state index is 0.0943. The van der Waals surface area contributed by atoms with Crippen LogP contribution >= 0.6 is 12.2 Å². The van der Waals surface area contributed by atoms with Gasteiger partial charge in [-0.2, -0.15) is 0 Å². The highest BCUT2D eigenvalue weighted by atomic mass is 32.2. The number of ether oxygens (including phenoxy) is 1. The predicted molar refractivity (Wildman–Crippen MR) is 152 cm³/mol. The number of nitrogens with zero attached hydrogens (tertiary/aromatic N) is 3. The van der Waals surface area contributed by atoms with E-state index in [2.05, 4.69) is 22.5 Å². The Morgan fingerprint density at radius 3 is 2.49 bits per heavy atom. The molecule has 1 aliphatic rings. The van der Waals surface area contributed by atoms with E-state index in [1.54, 1.807) is 50.2 Å². The first-order valence-corrected chi connectivity index (χ1v) is 14.2. The Kier molecular flexibility index (Phi) is 8.11. The third-order valence-corrected chi connectivity index (χ3v) is 9.15. The first-order chi connectivity index (χ1) is 17.6. The highest BCUT2D eigenvalue weighted by Gasteiger charge is 2.40. The van der Waals surface area contributed by atoms with Gasteiger partial charge in [-0.3, -0.25) is 0 Å². The summed E-state index contributed by atoms with van der Waals surface area (Å²) in [6.07, 6.45) is 0.